The summed E-state index contributed by atoms with van der Waals surface area (Å²) < 4.78 is 11.4. The summed E-state index contributed by atoms with van der Waals surface area (Å²) in [5.41, 5.74) is 1.02. The topological polar surface area (TPSA) is 45.4 Å². The van der Waals surface area contributed by atoms with Gasteiger partial charge >= 0.3 is 5.88 Å². The number of pyridine rings is 1. The second-order valence-corrected chi connectivity index (χ2v) is 3.58. The molecule has 0 aliphatic carbocycles. The zero-order valence-corrected chi connectivity index (χ0v) is 8.32. The van der Waals surface area contributed by atoms with Crippen LogP contribution in [0.2, 0.25) is 0 Å². The Balaban J connectivity index is 2.53. The highest BCUT2D eigenvalue weighted by Gasteiger charge is 2.25. The fraction of sp³-hybridized carbons (Fsp3) is 0.500. The summed E-state index contributed by atoms with van der Waals surface area (Å²) in [6.45, 7) is 5.07. The summed E-state index contributed by atoms with van der Waals surface area (Å²) in [4.78, 5) is 0. The molecule has 1 aromatic rings. The number of nitrogens with zero attached hydrogens (tertiary/aromatic N) is 1. The first-order valence-electron chi connectivity index (χ1n) is 4.72. The maximum Gasteiger partial charge on any atom is 0.423 e. The van der Waals surface area contributed by atoms with Gasteiger partial charge in [-0.05, 0) is 5.92 Å². The molecule has 1 aliphatic rings. The number of rotatable bonds is 1. The van der Waals surface area contributed by atoms with Crippen molar-refractivity contribution < 1.29 is 14.2 Å². The summed E-state index contributed by atoms with van der Waals surface area (Å²) >= 11 is 0. The molecule has 4 heteroatoms. The van der Waals surface area contributed by atoms with Gasteiger partial charge in [-0.2, -0.15) is 0 Å². The molecule has 0 spiro atoms. The average Bonchev–Trinajstić information content (AvgIpc) is 2.18. The summed E-state index contributed by atoms with van der Waals surface area (Å²) in [6.07, 6.45) is 1.46. The lowest BCUT2D eigenvalue weighted by Gasteiger charge is -2.20. The summed E-state index contributed by atoms with van der Waals surface area (Å²) in [6, 6.07) is 1.78. The van der Waals surface area contributed by atoms with E-state index in [4.69, 9.17) is 9.47 Å². The molecular formula is C10H13NO3. The maximum atomic E-state index is 11.4. The predicted molar refractivity (Wildman–Crippen MR) is 50.5 cm³/mol. The molecule has 0 atom stereocenters. The van der Waals surface area contributed by atoms with E-state index in [1.54, 1.807) is 6.07 Å². The van der Waals surface area contributed by atoms with Gasteiger partial charge in [0.25, 0.3) is 0 Å². The van der Waals surface area contributed by atoms with Gasteiger partial charge in [0.05, 0.1) is 0 Å². The summed E-state index contributed by atoms with van der Waals surface area (Å²) in [7, 11) is 0. The molecule has 1 aliphatic heterocycles. The molecule has 0 saturated carbocycles. The van der Waals surface area contributed by atoms with Gasteiger partial charge in [-0.25, -0.2) is 0 Å². The number of ether oxygens (including phenoxy) is 2. The van der Waals surface area contributed by atoms with Crippen molar-refractivity contribution in [3.05, 3.63) is 23.0 Å². The average molecular weight is 195 g/mol. The van der Waals surface area contributed by atoms with Crippen LogP contribution in [-0.4, -0.2) is 13.2 Å². The molecule has 0 amide bonds. The van der Waals surface area contributed by atoms with Crippen LogP contribution in [0.3, 0.4) is 0 Å². The number of fused-ring (bicyclic) bond motifs is 1. The minimum absolute atomic E-state index is 0.294. The molecule has 76 valence electrons. The van der Waals surface area contributed by atoms with Crippen molar-refractivity contribution >= 4 is 0 Å². The van der Waals surface area contributed by atoms with Crippen LogP contribution in [0.5, 0.6) is 11.6 Å². The molecule has 1 aromatic heterocycles. The van der Waals surface area contributed by atoms with Crippen molar-refractivity contribution in [2.24, 2.45) is 0 Å². The Morgan fingerprint density at radius 1 is 1.36 bits per heavy atom. The van der Waals surface area contributed by atoms with Gasteiger partial charge in [-0.1, -0.05) is 13.8 Å². The van der Waals surface area contributed by atoms with Crippen LogP contribution in [-0.2, 0) is 0 Å². The first-order valence-corrected chi connectivity index (χ1v) is 4.72. The van der Waals surface area contributed by atoms with E-state index < -0.39 is 0 Å². The molecular weight excluding hydrogens is 182 g/mol. The van der Waals surface area contributed by atoms with Gasteiger partial charge in [0.15, 0.2) is 6.20 Å². The van der Waals surface area contributed by atoms with Crippen molar-refractivity contribution in [2.75, 3.05) is 13.2 Å². The molecule has 14 heavy (non-hydrogen) atoms. The Labute approximate surface area is 82.7 Å². The fourth-order valence-electron chi connectivity index (χ4n) is 1.53. The Morgan fingerprint density at radius 3 is 2.79 bits per heavy atom. The molecule has 2 heterocycles. The van der Waals surface area contributed by atoms with E-state index in [1.165, 1.54) is 6.20 Å². The van der Waals surface area contributed by atoms with E-state index in [2.05, 4.69) is 13.8 Å². The lowest BCUT2D eigenvalue weighted by molar-refractivity contribution is -0.614. The predicted octanol–water partition coefficient (Wildman–Crippen LogP) is 1.21. The van der Waals surface area contributed by atoms with Crippen LogP contribution in [0.15, 0.2) is 12.3 Å². The highest BCUT2D eigenvalue weighted by molar-refractivity contribution is 5.41. The van der Waals surface area contributed by atoms with E-state index in [9.17, 15) is 5.21 Å². The third kappa shape index (κ3) is 1.36. The van der Waals surface area contributed by atoms with E-state index in [0.29, 0.717) is 35.5 Å². The molecule has 4 nitrogen and oxygen atoms in total. The van der Waals surface area contributed by atoms with E-state index in [1.807, 2.05) is 0 Å². The standard InChI is InChI=1S/C10H13NO3/c1-7(2)8-3-4-11(12)10-9(8)13-5-6-14-10/h3-4,7H,5-6H2,1-2H3. The summed E-state index contributed by atoms with van der Waals surface area (Å²) in [5.74, 6) is 1.22. The maximum absolute atomic E-state index is 11.4. The van der Waals surface area contributed by atoms with Crippen molar-refractivity contribution in [3.63, 3.8) is 0 Å². The van der Waals surface area contributed by atoms with Crippen LogP contribution >= 0.6 is 0 Å². The third-order valence-corrected chi connectivity index (χ3v) is 2.24. The van der Waals surface area contributed by atoms with Crippen LogP contribution < -0.4 is 14.2 Å². The molecule has 0 N–H and O–H groups in total. The second kappa shape index (κ2) is 3.36. The van der Waals surface area contributed by atoms with Crippen molar-refractivity contribution in [1.29, 1.82) is 0 Å². The monoisotopic (exact) mass is 195 g/mol. The molecule has 0 unspecified atom stereocenters. The Kier molecular flexibility index (Phi) is 2.19. The number of hydrogen-bond donors (Lipinski definition) is 0. The molecule has 0 saturated heterocycles. The van der Waals surface area contributed by atoms with Gasteiger partial charge in [-0.3, -0.25) is 0 Å². The van der Waals surface area contributed by atoms with Crippen molar-refractivity contribution in [3.8, 4) is 11.6 Å². The Bertz CT molecular complexity index is 349. The summed E-state index contributed by atoms with van der Waals surface area (Å²) in [5, 5.41) is 11.4. The minimum Gasteiger partial charge on any atom is -0.616 e. The van der Waals surface area contributed by atoms with Crippen LogP contribution in [0, 0.1) is 5.21 Å². The number of hydrogen-bond acceptors (Lipinski definition) is 3. The van der Waals surface area contributed by atoms with Crippen LogP contribution in [0.25, 0.3) is 0 Å². The highest BCUT2D eigenvalue weighted by atomic mass is 16.6. The Morgan fingerprint density at radius 2 is 2.07 bits per heavy atom. The molecule has 2 rings (SSSR count). The van der Waals surface area contributed by atoms with Gasteiger partial charge in [0.2, 0.25) is 5.75 Å². The van der Waals surface area contributed by atoms with Crippen LogP contribution in [0.4, 0.5) is 0 Å². The van der Waals surface area contributed by atoms with Gasteiger partial charge in [0.1, 0.15) is 13.2 Å². The van der Waals surface area contributed by atoms with Gasteiger partial charge in [0, 0.05) is 11.6 Å². The van der Waals surface area contributed by atoms with Gasteiger partial charge < -0.3 is 14.7 Å². The minimum atomic E-state index is 0.294. The van der Waals surface area contributed by atoms with E-state index in [0.717, 1.165) is 5.56 Å². The molecule has 0 radical (unpaired) electrons. The second-order valence-electron chi connectivity index (χ2n) is 3.58. The van der Waals surface area contributed by atoms with E-state index in [-0.39, 0.29) is 0 Å². The lowest BCUT2D eigenvalue weighted by Crippen LogP contribution is -2.33. The Hall–Kier alpha value is -1.45. The zero-order chi connectivity index (χ0) is 10.1. The molecule has 0 bridgehead atoms. The lowest BCUT2D eigenvalue weighted by atomic mass is 10.0. The SMILES string of the molecule is CC(C)c1cc[n+]([O-])c2c1OCCO2. The normalized spacial score (nSPS) is 14.5. The van der Waals surface area contributed by atoms with Gasteiger partial charge in [-0.15, -0.1) is 4.73 Å². The quantitative estimate of drug-likeness (QED) is 0.500. The highest BCUT2D eigenvalue weighted by Crippen LogP contribution is 2.34. The van der Waals surface area contributed by atoms with Crippen LogP contribution in [0.1, 0.15) is 25.3 Å². The molecule has 0 aromatic carbocycles. The smallest absolute Gasteiger partial charge is 0.423 e. The molecule has 0 fully saturated rings. The number of aromatic nitrogens is 1. The first kappa shape index (κ1) is 9.12. The van der Waals surface area contributed by atoms with Crippen molar-refractivity contribution in [1.82, 2.24) is 0 Å². The van der Waals surface area contributed by atoms with Crippen molar-refractivity contribution in [2.45, 2.75) is 19.8 Å². The third-order valence-electron chi connectivity index (χ3n) is 2.24. The first-order chi connectivity index (χ1) is 6.70. The largest absolute Gasteiger partial charge is 0.616 e. The zero-order valence-electron chi connectivity index (χ0n) is 8.32. The fourth-order valence-corrected chi connectivity index (χ4v) is 1.53. The van der Waals surface area contributed by atoms with E-state index >= 15 is 0 Å².